The number of anilines is 1. The van der Waals surface area contributed by atoms with Gasteiger partial charge in [0.05, 0.1) is 44.8 Å². The molecular formula is C22H29N3O6. The predicted molar refractivity (Wildman–Crippen MR) is 116 cm³/mol. The molecule has 0 bridgehead atoms. The Morgan fingerprint density at radius 1 is 1.06 bits per heavy atom. The predicted octanol–water partition coefficient (Wildman–Crippen LogP) is 3.50. The molecule has 1 amide bonds. The lowest BCUT2D eigenvalue weighted by molar-refractivity contribution is -0.157. The van der Waals surface area contributed by atoms with Crippen molar-refractivity contribution in [2.45, 2.75) is 34.4 Å². The number of rotatable bonds is 8. The van der Waals surface area contributed by atoms with Crippen molar-refractivity contribution in [2.24, 2.45) is 5.41 Å². The van der Waals surface area contributed by atoms with Gasteiger partial charge in [-0.1, -0.05) is 0 Å². The monoisotopic (exact) mass is 431 g/mol. The fourth-order valence-corrected chi connectivity index (χ4v) is 2.53. The molecule has 0 radical (unpaired) electrons. The second kappa shape index (κ2) is 10.0. The smallest absolute Gasteiger partial charge is 0.313 e. The van der Waals surface area contributed by atoms with Crippen molar-refractivity contribution in [3.05, 3.63) is 35.7 Å². The van der Waals surface area contributed by atoms with Gasteiger partial charge in [-0.25, -0.2) is 4.68 Å². The van der Waals surface area contributed by atoms with E-state index in [1.54, 1.807) is 52.1 Å². The summed E-state index contributed by atoms with van der Waals surface area (Å²) < 4.78 is 22.6. The molecule has 9 nitrogen and oxygen atoms in total. The number of hydrogen-bond donors (Lipinski definition) is 1. The molecule has 2 aromatic rings. The van der Waals surface area contributed by atoms with Gasteiger partial charge in [0.1, 0.15) is 5.75 Å². The highest BCUT2D eigenvalue weighted by Gasteiger charge is 2.23. The Bertz CT molecular complexity index is 972. The first-order valence-corrected chi connectivity index (χ1v) is 9.58. The molecule has 0 aliphatic heterocycles. The zero-order chi connectivity index (χ0) is 23.2. The summed E-state index contributed by atoms with van der Waals surface area (Å²) in [6, 6.07) is 3.43. The molecule has 0 saturated carbocycles. The van der Waals surface area contributed by atoms with Crippen molar-refractivity contribution in [3.8, 4) is 17.2 Å². The number of carbonyl (C=O) groups is 2. The second-order valence-corrected chi connectivity index (χ2v) is 7.81. The van der Waals surface area contributed by atoms with Gasteiger partial charge < -0.3 is 24.3 Å². The number of benzene rings is 1. The lowest BCUT2D eigenvalue weighted by Crippen LogP contribution is -2.24. The molecule has 0 spiro atoms. The van der Waals surface area contributed by atoms with Crippen LogP contribution in [0.1, 0.15) is 33.3 Å². The van der Waals surface area contributed by atoms with Crippen LogP contribution in [0, 0.1) is 5.41 Å². The molecule has 1 aromatic heterocycles. The molecular weight excluding hydrogens is 402 g/mol. The molecule has 1 N–H and O–H groups in total. The summed E-state index contributed by atoms with van der Waals surface area (Å²) in [5, 5.41) is 6.85. The van der Waals surface area contributed by atoms with Gasteiger partial charge in [0.25, 0.3) is 5.91 Å². The van der Waals surface area contributed by atoms with Gasteiger partial charge in [-0.2, -0.15) is 5.10 Å². The van der Waals surface area contributed by atoms with Crippen molar-refractivity contribution in [2.75, 3.05) is 26.6 Å². The van der Waals surface area contributed by atoms with Crippen LogP contribution in [0.4, 0.5) is 5.69 Å². The topological polar surface area (TPSA) is 101 Å². The van der Waals surface area contributed by atoms with Gasteiger partial charge in [0.15, 0.2) is 18.2 Å². The number of hydrogen-bond acceptors (Lipinski definition) is 7. The van der Waals surface area contributed by atoms with Gasteiger partial charge >= 0.3 is 5.97 Å². The van der Waals surface area contributed by atoms with Crippen molar-refractivity contribution in [1.82, 2.24) is 9.78 Å². The summed E-state index contributed by atoms with van der Waals surface area (Å²) in [7, 11) is 4.61. The number of nitrogens with one attached hydrogen (secondary N) is 1. The molecule has 31 heavy (non-hydrogen) atoms. The second-order valence-electron chi connectivity index (χ2n) is 7.81. The number of ether oxygens (including phenoxy) is 4. The summed E-state index contributed by atoms with van der Waals surface area (Å²) >= 11 is 0. The van der Waals surface area contributed by atoms with E-state index in [-0.39, 0.29) is 18.6 Å². The number of aromatic nitrogens is 2. The van der Waals surface area contributed by atoms with E-state index >= 15 is 0 Å². The molecule has 9 heteroatoms. The highest BCUT2D eigenvalue weighted by Crippen LogP contribution is 2.35. The number of methoxy groups -OCH3 is 3. The summed E-state index contributed by atoms with van der Waals surface area (Å²) in [5.41, 5.74) is 0.982. The van der Waals surface area contributed by atoms with E-state index in [9.17, 15) is 9.59 Å². The molecule has 168 valence electrons. The van der Waals surface area contributed by atoms with Crippen LogP contribution in [0.15, 0.2) is 30.1 Å². The van der Waals surface area contributed by atoms with Crippen LogP contribution in [0.5, 0.6) is 17.2 Å². The zero-order valence-electron chi connectivity index (χ0n) is 18.9. The van der Waals surface area contributed by atoms with E-state index in [1.165, 1.54) is 32.2 Å². The molecule has 0 saturated heterocycles. The molecule has 0 fully saturated rings. The molecule has 0 aliphatic carbocycles. The standard InChI is InChI=1S/C22H29N3O6/c1-14(8-15-9-18(29-6)19(30-7)10-17(15)28-5)20(26)24-16-11-23-25(12-16)13-31-21(27)22(2,3)4/h8-12H,13H2,1-7H3,(H,24,26)/b14-8+. The van der Waals surface area contributed by atoms with Gasteiger partial charge in [-0.3, -0.25) is 9.59 Å². The minimum absolute atomic E-state index is 0.0381. The maximum Gasteiger partial charge on any atom is 0.313 e. The Morgan fingerprint density at radius 2 is 1.68 bits per heavy atom. The summed E-state index contributed by atoms with van der Waals surface area (Å²) in [6.07, 6.45) is 4.75. The molecule has 1 aromatic carbocycles. The van der Waals surface area contributed by atoms with Gasteiger partial charge in [-0.15, -0.1) is 0 Å². The van der Waals surface area contributed by atoms with Crippen LogP contribution < -0.4 is 19.5 Å². The van der Waals surface area contributed by atoms with Crippen LogP contribution in [0.25, 0.3) is 6.08 Å². The number of amides is 1. The first-order chi connectivity index (χ1) is 14.6. The number of carbonyl (C=O) groups excluding carboxylic acids is 2. The van der Waals surface area contributed by atoms with Gasteiger partial charge in [0, 0.05) is 17.2 Å². The van der Waals surface area contributed by atoms with Gasteiger partial charge in [-0.05, 0) is 39.8 Å². The normalized spacial score (nSPS) is 11.6. The Balaban J connectivity index is 2.10. The van der Waals surface area contributed by atoms with Crippen LogP contribution in [0.2, 0.25) is 0 Å². The minimum Gasteiger partial charge on any atom is -0.496 e. The lowest BCUT2D eigenvalue weighted by Gasteiger charge is -2.16. The third kappa shape index (κ3) is 6.24. The molecule has 0 unspecified atom stereocenters. The third-order valence-electron chi connectivity index (χ3n) is 4.30. The Morgan fingerprint density at radius 3 is 2.26 bits per heavy atom. The zero-order valence-corrected chi connectivity index (χ0v) is 18.9. The SMILES string of the molecule is COc1cc(OC)c(OC)cc1/C=C(\C)C(=O)Nc1cnn(COC(=O)C(C)(C)C)c1. The largest absolute Gasteiger partial charge is 0.496 e. The van der Waals surface area contributed by atoms with E-state index in [0.29, 0.717) is 34.1 Å². The molecule has 0 aliphatic rings. The molecule has 1 heterocycles. The maximum absolute atomic E-state index is 12.6. The Labute approximate surface area is 181 Å². The fraction of sp³-hybridized carbons (Fsp3) is 0.409. The van der Waals surface area contributed by atoms with E-state index in [2.05, 4.69) is 10.4 Å². The highest BCUT2D eigenvalue weighted by molar-refractivity contribution is 6.06. The van der Waals surface area contributed by atoms with E-state index in [0.717, 1.165) is 0 Å². The van der Waals surface area contributed by atoms with Crippen LogP contribution >= 0.6 is 0 Å². The van der Waals surface area contributed by atoms with Crippen LogP contribution in [0.3, 0.4) is 0 Å². The van der Waals surface area contributed by atoms with Crippen LogP contribution in [-0.2, 0) is 21.1 Å². The third-order valence-corrected chi connectivity index (χ3v) is 4.30. The van der Waals surface area contributed by atoms with E-state index < -0.39 is 5.41 Å². The summed E-state index contributed by atoms with van der Waals surface area (Å²) in [5.74, 6) is 0.935. The first-order valence-electron chi connectivity index (χ1n) is 9.58. The molecule has 2 rings (SSSR count). The average molecular weight is 431 g/mol. The van der Waals surface area contributed by atoms with Crippen molar-refractivity contribution < 1.29 is 28.5 Å². The Hall–Kier alpha value is -3.49. The Kier molecular flexibility index (Phi) is 7.68. The average Bonchev–Trinajstić information content (AvgIpc) is 3.17. The van der Waals surface area contributed by atoms with Gasteiger partial charge in [0.2, 0.25) is 0 Å². The van der Waals surface area contributed by atoms with Crippen LogP contribution in [-0.4, -0.2) is 43.0 Å². The van der Waals surface area contributed by atoms with Crippen molar-refractivity contribution in [1.29, 1.82) is 0 Å². The lowest BCUT2D eigenvalue weighted by atomic mass is 9.98. The maximum atomic E-state index is 12.6. The van der Waals surface area contributed by atoms with E-state index in [4.69, 9.17) is 18.9 Å². The molecule has 0 atom stereocenters. The first kappa shape index (κ1) is 23.8. The van der Waals surface area contributed by atoms with E-state index in [1.807, 2.05) is 0 Å². The number of esters is 1. The number of nitrogens with zero attached hydrogens (tertiary/aromatic N) is 2. The van der Waals surface area contributed by atoms with Crippen molar-refractivity contribution in [3.63, 3.8) is 0 Å². The highest BCUT2D eigenvalue weighted by atomic mass is 16.5. The minimum atomic E-state index is -0.600. The quantitative estimate of drug-likeness (QED) is 0.504. The fourth-order valence-electron chi connectivity index (χ4n) is 2.53. The summed E-state index contributed by atoms with van der Waals surface area (Å²) in [4.78, 5) is 24.5. The van der Waals surface area contributed by atoms with Crippen molar-refractivity contribution >= 4 is 23.6 Å². The summed E-state index contributed by atoms with van der Waals surface area (Å²) in [6.45, 7) is 6.95.